The van der Waals surface area contributed by atoms with E-state index in [-0.39, 0.29) is 0 Å². The molecular formula is C17H21NO2. The minimum absolute atomic E-state index is 0.323. The molecule has 3 nitrogen and oxygen atoms in total. The molecule has 1 aromatic heterocycles. The van der Waals surface area contributed by atoms with Crippen molar-refractivity contribution in [1.29, 1.82) is 0 Å². The molecule has 1 aromatic carbocycles. The number of furan rings is 1. The maximum Gasteiger partial charge on any atom is 0.142 e. The first-order valence-corrected chi connectivity index (χ1v) is 7.43. The molecule has 3 heteroatoms. The highest BCUT2D eigenvalue weighted by Crippen LogP contribution is 2.35. The van der Waals surface area contributed by atoms with Crippen LogP contribution in [0.3, 0.4) is 0 Å². The normalized spacial score (nSPS) is 17.6. The summed E-state index contributed by atoms with van der Waals surface area (Å²) < 4.78 is 11.4. The van der Waals surface area contributed by atoms with Gasteiger partial charge in [-0.05, 0) is 37.5 Å². The molecule has 0 saturated carbocycles. The SMILES string of the molecule is CCCOc1ccccc1NC1CCCc2occc21. The van der Waals surface area contributed by atoms with Crippen molar-refractivity contribution in [1.82, 2.24) is 0 Å². The molecule has 20 heavy (non-hydrogen) atoms. The van der Waals surface area contributed by atoms with E-state index in [4.69, 9.17) is 9.15 Å². The van der Waals surface area contributed by atoms with E-state index in [0.717, 1.165) is 49.5 Å². The van der Waals surface area contributed by atoms with Gasteiger partial charge in [0.25, 0.3) is 0 Å². The first kappa shape index (κ1) is 13.1. The fourth-order valence-electron chi connectivity index (χ4n) is 2.75. The van der Waals surface area contributed by atoms with Gasteiger partial charge in [-0.3, -0.25) is 0 Å². The Hall–Kier alpha value is -1.90. The van der Waals surface area contributed by atoms with Crippen LogP contribution in [0.1, 0.15) is 43.6 Å². The summed E-state index contributed by atoms with van der Waals surface area (Å²) in [5.41, 5.74) is 2.36. The number of hydrogen-bond acceptors (Lipinski definition) is 3. The highest BCUT2D eigenvalue weighted by molar-refractivity contribution is 5.57. The molecular weight excluding hydrogens is 250 g/mol. The van der Waals surface area contributed by atoms with Gasteiger partial charge in [0.15, 0.2) is 0 Å². The van der Waals surface area contributed by atoms with Crippen LogP contribution in [0, 0.1) is 0 Å². The van der Waals surface area contributed by atoms with Gasteiger partial charge in [0.1, 0.15) is 11.5 Å². The van der Waals surface area contributed by atoms with Crippen molar-refractivity contribution in [2.24, 2.45) is 0 Å². The molecule has 0 spiro atoms. The summed E-state index contributed by atoms with van der Waals surface area (Å²) in [4.78, 5) is 0. The molecule has 1 heterocycles. The van der Waals surface area contributed by atoms with E-state index in [1.807, 2.05) is 18.2 Å². The van der Waals surface area contributed by atoms with Crippen LogP contribution in [0.15, 0.2) is 41.0 Å². The molecule has 0 aliphatic heterocycles. The highest BCUT2D eigenvalue weighted by Gasteiger charge is 2.23. The Labute approximate surface area is 119 Å². The van der Waals surface area contributed by atoms with E-state index < -0.39 is 0 Å². The van der Waals surface area contributed by atoms with Crippen molar-refractivity contribution in [2.75, 3.05) is 11.9 Å². The Balaban J connectivity index is 1.79. The zero-order valence-corrected chi connectivity index (χ0v) is 11.9. The molecule has 2 aromatic rings. The second-order valence-corrected chi connectivity index (χ2v) is 5.23. The molecule has 3 rings (SSSR count). The Bertz CT molecular complexity index is 562. The smallest absolute Gasteiger partial charge is 0.142 e. The van der Waals surface area contributed by atoms with E-state index in [2.05, 4.69) is 24.4 Å². The van der Waals surface area contributed by atoms with Crippen LogP contribution in [0.5, 0.6) is 5.75 Å². The molecule has 1 aliphatic carbocycles. The fourth-order valence-corrected chi connectivity index (χ4v) is 2.75. The minimum atomic E-state index is 0.323. The Morgan fingerprint density at radius 3 is 3.10 bits per heavy atom. The number of hydrogen-bond donors (Lipinski definition) is 1. The van der Waals surface area contributed by atoms with Crippen molar-refractivity contribution in [3.8, 4) is 5.75 Å². The van der Waals surface area contributed by atoms with Crippen molar-refractivity contribution < 1.29 is 9.15 Å². The van der Waals surface area contributed by atoms with E-state index in [9.17, 15) is 0 Å². The summed E-state index contributed by atoms with van der Waals surface area (Å²) in [6.45, 7) is 2.87. The van der Waals surface area contributed by atoms with Gasteiger partial charge in [0.05, 0.1) is 24.6 Å². The number of fused-ring (bicyclic) bond motifs is 1. The maximum atomic E-state index is 5.81. The molecule has 0 amide bonds. The van der Waals surface area contributed by atoms with E-state index in [1.54, 1.807) is 6.26 Å². The maximum absolute atomic E-state index is 5.81. The van der Waals surface area contributed by atoms with Gasteiger partial charge in [0.2, 0.25) is 0 Å². The number of ether oxygens (including phenoxy) is 1. The third-order valence-electron chi connectivity index (χ3n) is 3.73. The highest BCUT2D eigenvalue weighted by atomic mass is 16.5. The largest absolute Gasteiger partial charge is 0.491 e. The summed E-state index contributed by atoms with van der Waals surface area (Å²) >= 11 is 0. The zero-order valence-electron chi connectivity index (χ0n) is 11.9. The predicted octanol–water partition coefficient (Wildman–Crippen LogP) is 4.56. The number of benzene rings is 1. The summed E-state index contributed by atoms with van der Waals surface area (Å²) in [5, 5.41) is 3.62. The molecule has 0 saturated heterocycles. The van der Waals surface area contributed by atoms with E-state index in [1.165, 1.54) is 5.56 Å². The Morgan fingerprint density at radius 1 is 1.30 bits per heavy atom. The van der Waals surface area contributed by atoms with Crippen LogP contribution in [-0.2, 0) is 6.42 Å². The lowest BCUT2D eigenvalue weighted by Gasteiger charge is -2.25. The molecule has 1 unspecified atom stereocenters. The summed E-state index contributed by atoms with van der Waals surface area (Å²) in [6.07, 6.45) is 6.16. The van der Waals surface area contributed by atoms with Gasteiger partial charge in [-0.1, -0.05) is 19.1 Å². The topological polar surface area (TPSA) is 34.4 Å². The number of rotatable bonds is 5. The van der Waals surface area contributed by atoms with Crippen LogP contribution in [0.2, 0.25) is 0 Å². The quantitative estimate of drug-likeness (QED) is 0.865. The zero-order chi connectivity index (χ0) is 13.8. The molecule has 0 radical (unpaired) electrons. The van der Waals surface area contributed by atoms with Gasteiger partial charge >= 0.3 is 0 Å². The first-order valence-electron chi connectivity index (χ1n) is 7.43. The molecule has 0 bridgehead atoms. The fraction of sp³-hybridized carbons (Fsp3) is 0.412. The number of para-hydroxylation sites is 2. The van der Waals surface area contributed by atoms with E-state index >= 15 is 0 Å². The second kappa shape index (κ2) is 6.04. The van der Waals surface area contributed by atoms with E-state index in [0.29, 0.717) is 6.04 Å². The van der Waals surface area contributed by atoms with Crippen LogP contribution in [-0.4, -0.2) is 6.61 Å². The number of aryl methyl sites for hydroxylation is 1. The molecule has 106 valence electrons. The van der Waals surface area contributed by atoms with Gasteiger partial charge in [-0.2, -0.15) is 0 Å². The predicted molar refractivity (Wildman–Crippen MR) is 80.2 cm³/mol. The third kappa shape index (κ3) is 2.67. The van der Waals surface area contributed by atoms with Gasteiger partial charge < -0.3 is 14.5 Å². The second-order valence-electron chi connectivity index (χ2n) is 5.23. The van der Waals surface area contributed by atoms with Crippen LogP contribution < -0.4 is 10.1 Å². The lowest BCUT2D eigenvalue weighted by atomic mass is 9.93. The Kier molecular flexibility index (Phi) is 3.95. The van der Waals surface area contributed by atoms with Crippen LogP contribution in [0.25, 0.3) is 0 Å². The van der Waals surface area contributed by atoms with Gasteiger partial charge in [-0.25, -0.2) is 0 Å². The van der Waals surface area contributed by atoms with Gasteiger partial charge in [0, 0.05) is 12.0 Å². The van der Waals surface area contributed by atoms with Crippen molar-refractivity contribution in [3.05, 3.63) is 47.9 Å². The third-order valence-corrected chi connectivity index (χ3v) is 3.73. The molecule has 1 atom stereocenters. The van der Waals surface area contributed by atoms with Gasteiger partial charge in [-0.15, -0.1) is 0 Å². The average molecular weight is 271 g/mol. The minimum Gasteiger partial charge on any atom is -0.491 e. The standard InChI is InChI=1S/C17H21NO2/c1-2-11-19-17-8-4-3-6-15(17)18-14-7-5-9-16-13(14)10-12-20-16/h3-4,6,8,10,12,14,18H,2,5,7,9,11H2,1H3. The molecule has 1 aliphatic rings. The molecule has 1 N–H and O–H groups in total. The number of anilines is 1. The summed E-state index contributed by atoms with van der Waals surface area (Å²) in [7, 11) is 0. The van der Waals surface area contributed by atoms with Crippen LogP contribution >= 0.6 is 0 Å². The lowest BCUT2D eigenvalue weighted by Crippen LogP contribution is -2.16. The number of nitrogens with one attached hydrogen (secondary N) is 1. The van der Waals surface area contributed by atoms with Crippen molar-refractivity contribution in [3.63, 3.8) is 0 Å². The monoisotopic (exact) mass is 271 g/mol. The van der Waals surface area contributed by atoms with Crippen molar-refractivity contribution >= 4 is 5.69 Å². The first-order chi connectivity index (χ1) is 9.88. The lowest BCUT2D eigenvalue weighted by molar-refractivity contribution is 0.318. The summed E-state index contributed by atoms with van der Waals surface area (Å²) in [6, 6.07) is 10.6. The summed E-state index contributed by atoms with van der Waals surface area (Å²) in [5.74, 6) is 2.06. The van der Waals surface area contributed by atoms with Crippen molar-refractivity contribution in [2.45, 2.75) is 38.6 Å². The molecule has 0 fully saturated rings. The Morgan fingerprint density at radius 2 is 2.20 bits per heavy atom. The van der Waals surface area contributed by atoms with Crippen LogP contribution in [0.4, 0.5) is 5.69 Å². The average Bonchev–Trinajstić information content (AvgIpc) is 2.96.